The first-order valence-electron chi connectivity index (χ1n) is 6.97. The van der Waals surface area contributed by atoms with Crippen LogP contribution in [0.15, 0.2) is 41.8 Å². The van der Waals surface area contributed by atoms with Crippen LogP contribution in [0.5, 0.6) is 0 Å². The second-order valence-electron chi connectivity index (χ2n) is 5.17. The highest BCUT2D eigenvalue weighted by molar-refractivity contribution is 7.88. The molecule has 8 heteroatoms. The Morgan fingerprint density at radius 3 is 2.32 bits per heavy atom. The third-order valence-electron chi connectivity index (χ3n) is 3.04. The monoisotopic (exact) mass is 385 g/mol. The van der Waals surface area contributed by atoms with Crippen molar-refractivity contribution >= 4 is 33.7 Å². The Balaban J connectivity index is 0.000000257. The number of hydrogen-bond acceptors (Lipinski definition) is 3. The van der Waals surface area contributed by atoms with Crippen molar-refractivity contribution in [1.82, 2.24) is 0 Å². The molecule has 0 spiro atoms. The van der Waals surface area contributed by atoms with Crippen LogP contribution in [-0.2, 0) is 10.1 Å². The lowest BCUT2D eigenvalue weighted by Crippen LogP contribution is -2.11. The number of carbonyl (C=O) groups excluding carboxylic acids is 1. The molecule has 25 heavy (non-hydrogen) atoms. The van der Waals surface area contributed by atoms with Gasteiger partial charge < -0.3 is 5.73 Å². The molecular formula is C17H17ClFNO4S. The van der Waals surface area contributed by atoms with Gasteiger partial charge in [0.25, 0.3) is 10.1 Å². The smallest absolute Gasteiger partial charge is 0.287 e. The second kappa shape index (κ2) is 8.75. The molecule has 0 aliphatic rings. The Hall–Kier alpha value is -2.22. The van der Waals surface area contributed by atoms with Crippen molar-refractivity contribution in [2.75, 3.05) is 0 Å². The summed E-state index contributed by atoms with van der Waals surface area (Å²) in [6.07, 6.45) is 1.38. The number of halogens is 2. The molecule has 0 heterocycles. The first-order chi connectivity index (χ1) is 11.5. The van der Waals surface area contributed by atoms with Crippen LogP contribution in [0.4, 0.5) is 4.39 Å². The Morgan fingerprint density at radius 2 is 1.84 bits per heavy atom. The van der Waals surface area contributed by atoms with E-state index in [1.807, 2.05) is 32.0 Å². The van der Waals surface area contributed by atoms with E-state index < -0.39 is 21.8 Å². The number of primary amides is 1. The summed E-state index contributed by atoms with van der Waals surface area (Å²) in [5.74, 6) is -1.14. The molecule has 0 fully saturated rings. The standard InChI is InChI=1S/C10H12O3S.C7H5ClFNO/c1-8-3-4-10(9(2)7-8)5-6-14(11,12)13;8-6-3-4(9)1-2-5(6)7(10)11/h3-7H,1-2H3,(H,11,12,13);1-3H,(H2,10,11). The van der Waals surface area contributed by atoms with Gasteiger partial charge >= 0.3 is 0 Å². The van der Waals surface area contributed by atoms with E-state index in [1.54, 1.807) is 0 Å². The normalized spacial score (nSPS) is 11.1. The van der Waals surface area contributed by atoms with E-state index >= 15 is 0 Å². The molecule has 0 unspecified atom stereocenters. The van der Waals surface area contributed by atoms with Gasteiger partial charge in [0.05, 0.1) is 16.0 Å². The Labute approximate surface area is 150 Å². The molecule has 0 aromatic heterocycles. The molecule has 0 atom stereocenters. The first kappa shape index (κ1) is 20.8. The molecular weight excluding hydrogens is 369 g/mol. The fraction of sp³-hybridized carbons (Fsp3) is 0.118. The summed E-state index contributed by atoms with van der Waals surface area (Å²) in [6.45, 7) is 3.85. The van der Waals surface area contributed by atoms with Gasteiger partial charge in [-0.25, -0.2) is 4.39 Å². The van der Waals surface area contributed by atoms with Crippen molar-refractivity contribution in [3.05, 3.63) is 74.9 Å². The molecule has 0 radical (unpaired) electrons. The van der Waals surface area contributed by atoms with E-state index in [-0.39, 0.29) is 10.6 Å². The zero-order valence-corrected chi connectivity index (χ0v) is 15.1. The van der Waals surface area contributed by atoms with Crippen LogP contribution in [0.2, 0.25) is 5.02 Å². The van der Waals surface area contributed by atoms with E-state index in [0.717, 1.165) is 34.2 Å². The second-order valence-corrected chi connectivity index (χ2v) is 6.88. The molecule has 2 rings (SSSR count). The van der Waals surface area contributed by atoms with Crippen molar-refractivity contribution in [1.29, 1.82) is 0 Å². The zero-order valence-electron chi connectivity index (χ0n) is 13.5. The summed E-state index contributed by atoms with van der Waals surface area (Å²) in [5, 5.41) is 0.822. The van der Waals surface area contributed by atoms with E-state index in [4.69, 9.17) is 21.9 Å². The number of carbonyl (C=O) groups is 1. The van der Waals surface area contributed by atoms with Gasteiger partial charge in [0.2, 0.25) is 5.91 Å². The molecule has 5 nitrogen and oxygen atoms in total. The molecule has 0 aliphatic heterocycles. The maximum atomic E-state index is 12.4. The highest BCUT2D eigenvalue weighted by Gasteiger charge is 2.05. The first-order valence-corrected chi connectivity index (χ1v) is 8.85. The topological polar surface area (TPSA) is 97.5 Å². The van der Waals surface area contributed by atoms with Crippen molar-refractivity contribution < 1.29 is 22.2 Å². The fourth-order valence-electron chi connectivity index (χ4n) is 1.86. The van der Waals surface area contributed by atoms with Gasteiger partial charge in [0.15, 0.2) is 0 Å². The largest absolute Gasteiger partial charge is 0.366 e. The van der Waals surface area contributed by atoms with Crippen LogP contribution in [0, 0.1) is 19.7 Å². The Bertz CT molecular complexity index is 911. The molecule has 0 aliphatic carbocycles. The predicted molar refractivity (Wildman–Crippen MR) is 96.4 cm³/mol. The molecule has 0 bridgehead atoms. The van der Waals surface area contributed by atoms with Gasteiger partial charge in [0.1, 0.15) is 5.82 Å². The van der Waals surface area contributed by atoms with Crippen LogP contribution >= 0.6 is 11.6 Å². The maximum absolute atomic E-state index is 12.4. The zero-order chi connectivity index (χ0) is 19.2. The molecule has 3 N–H and O–H groups in total. The van der Waals surface area contributed by atoms with E-state index in [1.165, 1.54) is 12.1 Å². The van der Waals surface area contributed by atoms with Gasteiger partial charge in [-0.3, -0.25) is 9.35 Å². The number of nitrogens with two attached hydrogens (primary N) is 1. The Morgan fingerprint density at radius 1 is 1.20 bits per heavy atom. The van der Waals surface area contributed by atoms with Crippen molar-refractivity contribution in [3.8, 4) is 0 Å². The number of benzene rings is 2. The minimum atomic E-state index is -4.03. The molecule has 134 valence electrons. The van der Waals surface area contributed by atoms with E-state index in [2.05, 4.69) is 0 Å². The summed E-state index contributed by atoms with van der Waals surface area (Å²) in [7, 11) is -4.03. The van der Waals surface area contributed by atoms with Crippen LogP contribution in [0.1, 0.15) is 27.0 Å². The third-order valence-corrected chi connectivity index (χ3v) is 3.83. The summed E-state index contributed by atoms with van der Waals surface area (Å²) in [6, 6.07) is 9.07. The number of rotatable bonds is 3. The van der Waals surface area contributed by atoms with Gasteiger partial charge in [-0.2, -0.15) is 8.42 Å². The summed E-state index contributed by atoms with van der Waals surface area (Å²) in [5.41, 5.74) is 7.93. The molecule has 1 amide bonds. The minimum absolute atomic E-state index is 0.0394. The number of amides is 1. The molecule has 0 saturated carbocycles. The molecule has 0 saturated heterocycles. The van der Waals surface area contributed by atoms with Gasteiger partial charge in [0, 0.05) is 0 Å². The lowest BCUT2D eigenvalue weighted by molar-refractivity contribution is 0.100. The SMILES string of the molecule is Cc1ccc(C=CS(=O)(=O)O)c(C)c1.NC(=O)c1ccc(F)cc1Cl. The van der Waals surface area contributed by atoms with Crippen LogP contribution in [0.3, 0.4) is 0 Å². The van der Waals surface area contributed by atoms with Crippen molar-refractivity contribution in [3.63, 3.8) is 0 Å². The highest BCUT2D eigenvalue weighted by Crippen LogP contribution is 2.16. The van der Waals surface area contributed by atoms with E-state index in [0.29, 0.717) is 0 Å². The summed E-state index contributed by atoms with van der Waals surface area (Å²) in [4.78, 5) is 10.5. The molecule has 2 aromatic carbocycles. The third kappa shape index (κ3) is 7.47. The minimum Gasteiger partial charge on any atom is -0.366 e. The summed E-state index contributed by atoms with van der Waals surface area (Å²) >= 11 is 5.48. The van der Waals surface area contributed by atoms with Crippen LogP contribution in [-0.4, -0.2) is 18.9 Å². The van der Waals surface area contributed by atoms with Gasteiger partial charge in [-0.05, 0) is 49.2 Å². The van der Waals surface area contributed by atoms with Gasteiger partial charge in [-0.15, -0.1) is 0 Å². The summed E-state index contributed by atoms with van der Waals surface area (Å²) < 4.78 is 41.8. The van der Waals surface area contributed by atoms with Crippen LogP contribution in [0.25, 0.3) is 6.08 Å². The van der Waals surface area contributed by atoms with E-state index in [9.17, 15) is 17.6 Å². The predicted octanol–water partition coefficient (Wildman–Crippen LogP) is 3.74. The number of aryl methyl sites for hydroxylation is 2. The van der Waals surface area contributed by atoms with Crippen molar-refractivity contribution in [2.24, 2.45) is 5.73 Å². The van der Waals surface area contributed by atoms with Crippen LogP contribution < -0.4 is 5.73 Å². The average molecular weight is 386 g/mol. The maximum Gasteiger partial charge on any atom is 0.287 e. The average Bonchev–Trinajstić information content (AvgIpc) is 2.45. The lowest BCUT2D eigenvalue weighted by Gasteiger charge is -2.00. The van der Waals surface area contributed by atoms with Crippen molar-refractivity contribution in [2.45, 2.75) is 13.8 Å². The lowest BCUT2D eigenvalue weighted by atomic mass is 10.1. The van der Waals surface area contributed by atoms with Gasteiger partial charge in [-0.1, -0.05) is 35.4 Å². The number of hydrogen-bond donors (Lipinski definition) is 2. The fourth-order valence-corrected chi connectivity index (χ4v) is 2.44. The Kier molecular flexibility index (Phi) is 7.29. The highest BCUT2D eigenvalue weighted by atomic mass is 35.5. The molecule has 2 aromatic rings. The quantitative estimate of drug-likeness (QED) is 0.786.